The number of hydrogen-bond donors (Lipinski definition) is 2. The van der Waals surface area contributed by atoms with Crippen LogP contribution in [0.3, 0.4) is 0 Å². The van der Waals surface area contributed by atoms with Gasteiger partial charge in [-0.3, -0.25) is 4.79 Å². The molecule has 3 nitrogen and oxygen atoms in total. The molecule has 1 amide bonds. The molecule has 1 aromatic carbocycles. The zero-order valence-electron chi connectivity index (χ0n) is 9.30. The van der Waals surface area contributed by atoms with Gasteiger partial charge in [0.25, 0.3) is 0 Å². The number of carbonyl (C=O) groups is 1. The smallest absolute Gasteiger partial charge is 0.226 e. The highest BCUT2D eigenvalue weighted by atomic mass is 35.5. The highest BCUT2D eigenvalue weighted by Crippen LogP contribution is 2.32. The predicted molar refractivity (Wildman–Crippen MR) is 65.4 cm³/mol. The number of amides is 1. The molecule has 17 heavy (non-hydrogen) atoms. The molecule has 0 radical (unpaired) electrons. The molecule has 1 aromatic rings. The van der Waals surface area contributed by atoms with Crippen molar-refractivity contribution >= 4 is 23.2 Å². The van der Waals surface area contributed by atoms with E-state index in [1.54, 1.807) is 0 Å². The van der Waals surface area contributed by atoms with Crippen LogP contribution in [0.25, 0.3) is 0 Å². The van der Waals surface area contributed by atoms with Gasteiger partial charge in [-0.1, -0.05) is 11.6 Å². The molecule has 0 aliphatic heterocycles. The lowest BCUT2D eigenvalue weighted by Gasteiger charge is -2.37. The van der Waals surface area contributed by atoms with Crippen LogP contribution in [0, 0.1) is 5.82 Å². The largest absolute Gasteiger partial charge is 0.325 e. The SMILES string of the molecule is NC1(CC(=O)Nc2cc(Cl)ccc2F)CCC1. The summed E-state index contributed by atoms with van der Waals surface area (Å²) >= 11 is 5.73. The van der Waals surface area contributed by atoms with E-state index in [1.807, 2.05) is 0 Å². The number of anilines is 1. The van der Waals surface area contributed by atoms with E-state index in [2.05, 4.69) is 5.32 Å². The number of halogens is 2. The van der Waals surface area contributed by atoms with Gasteiger partial charge in [-0.2, -0.15) is 0 Å². The van der Waals surface area contributed by atoms with Gasteiger partial charge in [0.2, 0.25) is 5.91 Å². The van der Waals surface area contributed by atoms with Gasteiger partial charge in [-0.15, -0.1) is 0 Å². The molecule has 0 spiro atoms. The topological polar surface area (TPSA) is 55.1 Å². The zero-order valence-corrected chi connectivity index (χ0v) is 10.1. The molecule has 5 heteroatoms. The van der Waals surface area contributed by atoms with Gasteiger partial charge >= 0.3 is 0 Å². The van der Waals surface area contributed by atoms with Crippen LogP contribution < -0.4 is 11.1 Å². The summed E-state index contributed by atoms with van der Waals surface area (Å²) < 4.78 is 13.4. The Hall–Kier alpha value is -1.13. The fraction of sp³-hybridized carbons (Fsp3) is 0.417. The monoisotopic (exact) mass is 256 g/mol. The number of nitrogens with two attached hydrogens (primary N) is 1. The third kappa shape index (κ3) is 2.96. The normalized spacial score (nSPS) is 17.4. The number of nitrogens with one attached hydrogen (secondary N) is 1. The standard InChI is InChI=1S/C12H14ClFN2O/c13-8-2-3-9(14)10(6-8)16-11(17)7-12(15)4-1-5-12/h2-3,6H,1,4-5,7,15H2,(H,16,17). The minimum atomic E-state index is -0.498. The zero-order chi connectivity index (χ0) is 12.5. The van der Waals surface area contributed by atoms with Crippen LogP contribution in [0.4, 0.5) is 10.1 Å². The molecule has 92 valence electrons. The third-order valence-electron chi connectivity index (χ3n) is 3.06. The first-order valence-electron chi connectivity index (χ1n) is 5.52. The summed E-state index contributed by atoms with van der Waals surface area (Å²) in [5.41, 5.74) is 5.64. The Bertz CT molecular complexity index is 446. The van der Waals surface area contributed by atoms with Gasteiger partial charge in [0.1, 0.15) is 5.82 Å². The highest BCUT2D eigenvalue weighted by molar-refractivity contribution is 6.30. The lowest BCUT2D eigenvalue weighted by molar-refractivity contribution is -0.118. The molecule has 1 fully saturated rings. The van der Waals surface area contributed by atoms with Crippen LogP contribution in [-0.2, 0) is 4.79 Å². The molecule has 2 rings (SSSR count). The van der Waals surface area contributed by atoms with Crippen molar-refractivity contribution in [3.8, 4) is 0 Å². The van der Waals surface area contributed by atoms with Crippen molar-refractivity contribution in [1.82, 2.24) is 0 Å². The first kappa shape index (κ1) is 12.3. The van der Waals surface area contributed by atoms with E-state index >= 15 is 0 Å². The van der Waals surface area contributed by atoms with Gasteiger partial charge in [-0.05, 0) is 37.5 Å². The molecule has 1 saturated carbocycles. The van der Waals surface area contributed by atoms with Crippen molar-refractivity contribution in [3.63, 3.8) is 0 Å². The Morgan fingerprint density at radius 1 is 1.53 bits per heavy atom. The lowest BCUT2D eigenvalue weighted by Crippen LogP contribution is -2.48. The maximum absolute atomic E-state index is 13.4. The van der Waals surface area contributed by atoms with E-state index in [9.17, 15) is 9.18 Å². The molecule has 0 atom stereocenters. The molecule has 1 aliphatic carbocycles. The number of hydrogen-bond acceptors (Lipinski definition) is 2. The first-order chi connectivity index (χ1) is 7.98. The fourth-order valence-electron chi connectivity index (χ4n) is 1.92. The maximum atomic E-state index is 13.4. The molecular formula is C12H14ClFN2O. The van der Waals surface area contributed by atoms with Crippen LogP contribution >= 0.6 is 11.6 Å². The summed E-state index contributed by atoms with van der Waals surface area (Å²) in [5.74, 6) is -0.768. The van der Waals surface area contributed by atoms with Crippen LogP contribution in [0.1, 0.15) is 25.7 Å². The predicted octanol–water partition coefficient (Wildman–Crippen LogP) is 2.69. The van der Waals surface area contributed by atoms with Crippen LogP contribution in [0.15, 0.2) is 18.2 Å². The van der Waals surface area contributed by atoms with Crippen molar-refractivity contribution in [1.29, 1.82) is 0 Å². The van der Waals surface area contributed by atoms with Crippen LogP contribution in [0.5, 0.6) is 0 Å². The molecule has 0 bridgehead atoms. The molecule has 0 aromatic heterocycles. The second-order valence-corrected chi connectivity index (χ2v) is 5.00. The Kier molecular flexibility index (Phi) is 3.35. The van der Waals surface area contributed by atoms with E-state index in [0.29, 0.717) is 5.02 Å². The Morgan fingerprint density at radius 3 is 2.82 bits per heavy atom. The average Bonchev–Trinajstić information content (AvgIpc) is 2.21. The van der Waals surface area contributed by atoms with E-state index in [1.165, 1.54) is 18.2 Å². The van der Waals surface area contributed by atoms with Crippen LogP contribution in [0.2, 0.25) is 5.02 Å². The summed E-state index contributed by atoms with van der Waals surface area (Å²) in [5, 5.41) is 2.88. The summed E-state index contributed by atoms with van der Waals surface area (Å²) in [6, 6.07) is 4.04. The minimum Gasteiger partial charge on any atom is -0.325 e. The molecule has 0 unspecified atom stereocenters. The average molecular weight is 257 g/mol. The van der Waals surface area contributed by atoms with Gasteiger partial charge in [0.15, 0.2) is 0 Å². The van der Waals surface area contributed by atoms with Crippen molar-refractivity contribution in [2.45, 2.75) is 31.2 Å². The Balaban J connectivity index is 2.00. The fourth-order valence-corrected chi connectivity index (χ4v) is 2.09. The summed E-state index contributed by atoms with van der Waals surface area (Å²) in [7, 11) is 0. The van der Waals surface area contributed by atoms with Crippen molar-refractivity contribution in [2.24, 2.45) is 5.73 Å². The van der Waals surface area contributed by atoms with E-state index in [4.69, 9.17) is 17.3 Å². The molecule has 1 aliphatic rings. The van der Waals surface area contributed by atoms with Gasteiger partial charge < -0.3 is 11.1 Å². The van der Waals surface area contributed by atoms with Crippen LogP contribution in [-0.4, -0.2) is 11.4 Å². The van der Waals surface area contributed by atoms with Crippen molar-refractivity contribution in [2.75, 3.05) is 5.32 Å². The number of benzene rings is 1. The minimum absolute atomic E-state index is 0.102. The lowest BCUT2D eigenvalue weighted by atomic mass is 9.75. The first-order valence-corrected chi connectivity index (χ1v) is 5.90. The molecular weight excluding hydrogens is 243 g/mol. The van der Waals surface area contributed by atoms with E-state index in [-0.39, 0.29) is 18.0 Å². The Labute approximate surface area is 104 Å². The van der Waals surface area contributed by atoms with Crippen molar-refractivity contribution < 1.29 is 9.18 Å². The quantitative estimate of drug-likeness (QED) is 0.874. The summed E-state index contributed by atoms with van der Waals surface area (Å²) in [6.07, 6.45) is 2.96. The maximum Gasteiger partial charge on any atom is 0.226 e. The summed E-state index contributed by atoms with van der Waals surface area (Å²) in [4.78, 5) is 11.7. The van der Waals surface area contributed by atoms with E-state index in [0.717, 1.165) is 19.3 Å². The van der Waals surface area contributed by atoms with Crippen molar-refractivity contribution in [3.05, 3.63) is 29.0 Å². The molecule has 0 heterocycles. The van der Waals surface area contributed by atoms with Gasteiger partial charge in [0, 0.05) is 17.0 Å². The summed E-state index contributed by atoms with van der Waals surface area (Å²) in [6.45, 7) is 0. The van der Waals surface area contributed by atoms with Gasteiger partial charge in [0.05, 0.1) is 5.69 Å². The molecule has 0 saturated heterocycles. The third-order valence-corrected chi connectivity index (χ3v) is 3.30. The molecule has 3 N–H and O–H groups in total. The Morgan fingerprint density at radius 2 is 2.24 bits per heavy atom. The van der Waals surface area contributed by atoms with Gasteiger partial charge in [-0.25, -0.2) is 4.39 Å². The second kappa shape index (κ2) is 4.63. The number of rotatable bonds is 3. The van der Waals surface area contributed by atoms with E-state index < -0.39 is 11.4 Å². The number of carbonyl (C=O) groups excluding carboxylic acids is 1. The second-order valence-electron chi connectivity index (χ2n) is 4.57. The highest BCUT2D eigenvalue weighted by Gasteiger charge is 2.34.